The van der Waals surface area contributed by atoms with Crippen LogP contribution in [0.4, 0.5) is 0 Å². The minimum Gasteiger partial charge on any atom is -0.192 e. The van der Waals surface area contributed by atoms with Crippen LogP contribution >= 0.6 is 0 Å². The maximum Gasteiger partial charge on any atom is 0.101 e. The largest absolute Gasteiger partial charge is 0.192 e. The number of allylic oxidation sites excluding steroid dienone is 2. The van der Waals surface area contributed by atoms with Gasteiger partial charge in [-0.2, -0.15) is 10.5 Å². The van der Waals surface area contributed by atoms with Crippen LogP contribution in [0.25, 0.3) is 6.08 Å². The SMILES string of the molecule is C=C(C#N)/C(C#N)=C/c1ccc(C)cc1. The third kappa shape index (κ3) is 2.83. The summed E-state index contributed by atoms with van der Waals surface area (Å²) in [6, 6.07) is 11.5. The Morgan fingerprint density at radius 3 is 2.27 bits per heavy atom. The van der Waals surface area contributed by atoms with Crippen molar-refractivity contribution in [2.24, 2.45) is 0 Å². The van der Waals surface area contributed by atoms with Crippen LogP contribution in [-0.4, -0.2) is 0 Å². The Kier molecular flexibility index (Phi) is 3.43. The Bertz CT molecular complexity index is 479. The van der Waals surface area contributed by atoms with Gasteiger partial charge in [-0.3, -0.25) is 0 Å². The molecule has 1 rings (SSSR count). The van der Waals surface area contributed by atoms with Crippen molar-refractivity contribution in [3.63, 3.8) is 0 Å². The average molecular weight is 194 g/mol. The highest BCUT2D eigenvalue weighted by atomic mass is 14.3. The minimum atomic E-state index is 0.193. The Hall–Kier alpha value is -2.32. The summed E-state index contributed by atoms with van der Waals surface area (Å²) in [7, 11) is 0. The van der Waals surface area contributed by atoms with Crippen molar-refractivity contribution < 1.29 is 0 Å². The normalized spacial score (nSPS) is 10.2. The topological polar surface area (TPSA) is 47.6 Å². The van der Waals surface area contributed by atoms with Gasteiger partial charge in [0, 0.05) is 0 Å². The first-order valence-electron chi connectivity index (χ1n) is 4.45. The second-order valence-electron chi connectivity index (χ2n) is 3.17. The lowest BCUT2D eigenvalue weighted by atomic mass is 10.1. The van der Waals surface area contributed by atoms with Crippen LogP contribution in [0.1, 0.15) is 11.1 Å². The van der Waals surface area contributed by atoms with E-state index in [1.54, 1.807) is 6.08 Å². The van der Waals surface area contributed by atoms with Crippen molar-refractivity contribution in [1.29, 1.82) is 10.5 Å². The third-order valence-corrected chi connectivity index (χ3v) is 1.97. The molecule has 0 unspecified atom stereocenters. The van der Waals surface area contributed by atoms with Gasteiger partial charge in [-0.1, -0.05) is 36.4 Å². The highest BCUT2D eigenvalue weighted by Gasteiger charge is 2.00. The summed E-state index contributed by atoms with van der Waals surface area (Å²) in [5, 5.41) is 17.4. The Balaban J connectivity index is 3.06. The summed E-state index contributed by atoms with van der Waals surface area (Å²) < 4.78 is 0. The molecule has 0 aliphatic carbocycles. The standard InChI is InChI=1S/C13H10N2/c1-10-3-5-12(6-4-10)7-13(9-15)11(2)8-14/h3-7H,2H2,1H3/b13-7+. The zero-order chi connectivity index (χ0) is 11.3. The van der Waals surface area contributed by atoms with E-state index < -0.39 is 0 Å². The zero-order valence-corrected chi connectivity index (χ0v) is 8.49. The summed E-state index contributed by atoms with van der Waals surface area (Å²) in [5.41, 5.74) is 2.55. The smallest absolute Gasteiger partial charge is 0.101 e. The molecule has 0 amide bonds. The summed E-state index contributed by atoms with van der Waals surface area (Å²) in [5.74, 6) is 0. The number of hydrogen-bond acceptors (Lipinski definition) is 2. The molecule has 0 aliphatic rings. The maximum absolute atomic E-state index is 8.81. The molecule has 0 radical (unpaired) electrons. The molecule has 2 nitrogen and oxygen atoms in total. The van der Waals surface area contributed by atoms with Gasteiger partial charge >= 0.3 is 0 Å². The number of aryl methyl sites for hydroxylation is 1. The lowest BCUT2D eigenvalue weighted by Gasteiger charge is -1.96. The lowest BCUT2D eigenvalue weighted by molar-refractivity contribution is 1.44. The molecule has 0 aromatic heterocycles. The predicted molar refractivity (Wildman–Crippen MR) is 59.5 cm³/mol. The minimum absolute atomic E-state index is 0.193. The van der Waals surface area contributed by atoms with Gasteiger partial charge in [0.2, 0.25) is 0 Å². The summed E-state index contributed by atoms with van der Waals surface area (Å²) in [6.45, 7) is 5.50. The van der Waals surface area contributed by atoms with Crippen LogP contribution in [0, 0.1) is 29.6 Å². The first-order chi connectivity index (χ1) is 7.17. The van der Waals surface area contributed by atoms with Gasteiger partial charge in [0.05, 0.1) is 17.2 Å². The van der Waals surface area contributed by atoms with E-state index in [9.17, 15) is 0 Å². The van der Waals surface area contributed by atoms with Gasteiger partial charge in [-0.05, 0) is 18.6 Å². The van der Waals surface area contributed by atoms with Crippen molar-refractivity contribution in [2.75, 3.05) is 0 Å². The van der Waals surface area contributed by atoms with Gasteiger partial charge in [0.1, 0.15) is 6.07 Å². The molecule has 0 fully saturated rings. The van der Waals surface area contributed by atoms with Crippen LogP contribution in [0.15, 0.2) is 42.0 Å². The molecule has 1 aromatic rings. The summed E-state index contributed by atoms with van der Waals surface area (Å²) in [4.78, 5) is 0. The number of benzene rings is 1. The first-order valence-corrected chi connectivity index (χ1v) is 4.45. The molecule has 72 valence electrons. The van der Waals surface area contributed by atoms with Crippen molar-refractivity contribution >= 4 is 6.08 Å². The molecule has 0 saturated carbocycles. The van der Waals surface area contributed by atoms with Gasteiger partial charge in [-0.25, -0.2) is 0 Å². The monoisotopic (exact) mass is 194 g/mol. The third-order valence-electron chi connectivity index (χ3n) is 1.97. The number of nitriles is 2. The van der Waals surface area contributed by atoms with E-state index in [4.69, 9.17) is 10.5 Å². The summed E-state index contributed by atoms with van der Waals surface area (Å²) >= 11 is 0. The molecule has 0 atom stereocenters. The molecular weight excluding hydrogens is 184 g/mol. The number of nitrogens with zero attached hydrogens (tertiary/aromatic N) is 2. The molecule has 0 heterocycles. The molecule has 1 aromatic carbocycles. The zero-order valence-electron chi connectivity index (χ0n) is 8.49. The van der Waals surface area contributed by atoms with Gasteiger partial charge < -0.3 is 0 Å². The fourth-order valence-corrected chi connectivity index (χ4v) is 1.08. The number of rotatable bonds is 2. The number of hydrogen-bond donors (Lipinski definition) is 0. The molecule has 0 aliphatic heterocycles. The Labute approximate surface area is 89.4 Å². The van der Waals surface area contributed by atoms with E-state index in [1.807, 2.05) is 43.3 Å². The first kappa shape index (κ1) is 10.8. The fraction of sp³-hybridized carbons (Fsp3) is 0.0769. The average Bonchev–Trinajstić information content (AvgIpc) is 2.27. The molecule has 0 spiro atoms. The molecule has 2 heteroatoms. The van der Waals surface area contributed by atoms with Gasteiger partial charge in [-0.15, -0.1) is 0 Å². The van der Waals surface area contributed by atoms with E-state index in [1.165, 1.54) is 0 Å². The van der Waals surface area contributed by atoms with Crippen LogP contribution in [0.5, 0.6) is 0 Å². The molecular formula is C13H10N2. The van der Waals surface area contributed by atoms with Crippen molar-refractivity contribution in [3.8, 4) is 12.1 Å². The van der Waals surface area contributed by atoms with Crippen LogP contribution < -0.4 is 0 Å². The molecule has 0 N–H and O–H groups in total. The molecule has 0 saturated heterocycles. The lowest BCUT2D eigenvalue weighted by Crippen LogP contribution is -1.82. The fourth-order valence-electron chi connectivity index (χ4n) is 1.08. The Morgan fingerprint density at radius 2 is 1.80 bits per heavy atom. The summed E-state index contributed by atoms with van der Waals surface area (Å²) in [6.07, 6.45) is 1.66. The van der Waals surface area contributed by atoms with E-state index in [-0.39, 0.29) is 5.57 Å². The van der Waals surface area contributed by atoms with E-state index >= 15 is 0 Å². The van der Waals surface area contributed by atoms with Crippen LogP contribution in [0.3, 0.4) is 0 Å². The van der Waals surface area contributed by atoms with E-state index in [2.05, 4.69) is 6.58 Å². The van der Waals surface area contributed by atoms with Gasteiger partial charge in [0.25, 0.3) is 0 Å². The quantitative estimate of drug-likeness (QED) is 0.536. The maximum atomic E-state index is 8.81. The van der Waals surface area contributed by atoms with Crippen LogP contribution in [-0.2, 0) is 0 Å². The van der Waals surface area contributed by atoms with Crippen molar-refractivity contribution in [3.05, 3.63) is 53.1 Å². The van der Waals surface area contributed by atoms with Gasteiger partial charge in [0.15, 0.2) is 0 Å². The van der Waals surface area contributed by atoms with Crippen molar-refractivity contribution in [2.45, 2.75) is 6.92 Å². The van der Waals surface area contributed by atoms with E-state index in [0.29, 0.717) is 5.57 Å². The highest BCUT2D eigenvalue weighted by Crippen LogP contribution is 2.12. The molecule has 15 heavy (non-hydrogen) atoms. The Morgan fingerprint density at radius 1 is 1.20 bits per heavy atom. The second-order valence-corrected chi connectivity index (χ2v) is 3.17. The predicted octanol–water partition coefficient (Wildman–Crippen LogP) is 2.98. The molecule has 0 bridgehead atoms. The second kappa shape index (κ2) is 4.79. The van der Waals surface area contributed by atoms with Crippen LogP contribution in [0.2, 0.25) is 0 Å². The van der Waals surface area contributed by atoms with Crippen molar-refractivity contribution in [1.82, 2.24) is 0 Å². The highest BCUT2D eigenvalue weighted by molar-refractivity contribution is 5.66. The van der Waals surface area contributed by atoms with E-state index in [0.717, 1.165) is 11.1 Å².